The van der Waals surface area contributed by atoms with Gasteiger partial charge in [-0.15, -0.1) is 0 Å². The van der Waals surface area contributed by atoms with Crippen molar-refractivity contribution in [3.8, 4) is 5.75 Å². The van der Waals surface area contributed by atoms with Crippen LogP contribution in [0.25, 0.3) is 0 Å². The van der Waals surface area contributed by atoms with Gasteiger partial charge in [0.2, 0.25) is 21.8 Å². The summed E-state index contributed by atoms with van der Waals surface area (Å²) < 4.78 is 32.6. The van der Waals surface area contributed by atoms with Crippen molar-refractivity contribution in [3.63, 3.8) is 0 Å². The lowest BCUT2D eigenvalue weighted by Crippen LogP contribution is -2.52. The Bertz CT molecular complexity index is 1130. The quantitative estimate of drug-likeness (QED) is 0.473. The number of methoxy groups -OCH3 is 1. The maximum absolute atomic E-state index is 13.6. The fourth-order valence-corrected chi connectivity index (χ4v) is 5.31. The van der Waals surface area contributed by atoms with Gasteiger partial charge < -0.3 is 15.0 Å². The van der Waals surface area contributed by atoms with E-state index in [4.69, 9.17) is 4.74 Å². The summed E-state index contributed by atoms with van der Waals surface area (Å²) in [4.78, 5) is 28.1. The summed E-state index contributed by atoms with van der Waals surface area (Å²) in [5.74, 6) is -0.402. The second-order valence-electron chi connectivity index (χ2n) is 8.76. The average Bonchev–Trinajstić information content (AvgIpc) is 3.34. The first-order valence-electron chi connectivity index (χ1n) is 11.5. The molecule has 0 saturated heterocycles. The van der Waals surface area contributed by atoms with E-state index < -0.39 is 28.5 Å². The molecule has 0 bridgehead atoms. The zero-order chi connectivity index (χ0) is 25.6. The van der Waals surface area contributed by atoms with Crippen molar-refractivity contribution >= 4 is 43.5 Å². The van der Waals surface area contributed by atoms with Crippen molar-refractivity contribution in [2.24, 2.45) is 0 Å². The molecule has 0 radical (unpaired) electrons. The Morgan fingerprint density at radius 2 is 1.74 bits per heavy atom. The molecular formula is C25H32BrN3O5S. The number of benzene rings is 2. The third-order valence-electron chi connectivity index (χ3n) is 6.17. The normalized spacial score (nSPS) is 14.9. The van der Waals surface area contributed by atoms with Gasteiger partial charge in [-0.05, 0) is 49.6 Å². The van der Waals surface area contributed by atoms with E-state index in [1.54, 1.807) is 31.2 Å². The van der Waals surface area contributed by atoms with Crippen molar-refractivity contribution in [1.82, 2.24) is 10.2 Å². The van der Waals surface area contributed by atoms with Crippen LogP contribution in [0.3, 0.4) is 0 Å². The van der Waals surface area contributed by atoms with Crippen LogP contribution in [-0.2, 0) is 26.2 Å². The predicted molar refractivity (Wildman–Crippen MR) is 140 cm³/mol. The topological polar surface area (TPSA) is 96.0 Å². The number of carbonyl (C=O) groups excluding carboxylic acids is 2. The average molecular weight is 567 g/mol. The van der Waals surface area contributed by atoms with E-state index in [2.05, 4.69) is 21.2 Å². The van der Waals surface area contributed by atoms with E-state index in [1.807, 2.05) is 24.3 Å². The molecule has 35 heavy (non-hydrogen) atoms. The molecule has 8 nitrogen and oxygen atoms in total. The van der Waals surface area contributed by atoms with Crippen LogP contribution in [0.1, 0.15) is 38.2 Å². The molecular weight excluding hydrogens is 534 g/mol. The van der Waals surface area contributed by atoms with Gasteiger partial charge in [-0.2, -0.15) is 0 Å². The Hall–Kier alpha value is -2.59. The van der Waals surface area contributed by atoms with E-state index in [9.17, 15) is 18.0 Å². The van der Waals surface area contributed by atoms with E-state index in [-0.39, 0.29) is 24.2 Å². The molecule has 3 rings (SSSR count). The van der Waals surface area contributed by atoms with Gasteiger partial charge in [0, 0.05) is 17.1 Å². The lowest BCUT2D eigenvalue weighted by molar-refractivity contribution is -0.139. The first-order valence-corrected chi connectivity index (χ1v) is 14.2. The Kier molecular flexibility index (Phi) is 9.18. The molecule has 1 saturated carbocycles. The number of halogens is 1. The number of sulfonamides is 1. The monoisotopic (exact) mass is 565 g/mol. The molecule has 2 aromatic carbocycles. The van der Waals surface area contributed by atoms with Gasteiger partial charge in [0.15, 0.2) is 0 Å². The summed E-state index contributed by atoms with van der Waals surface area (Å²) in [7, 11) is -2.38. The molecule has 1 aliphatic rings. The second-order valence-corrected chi connectivity index (χ2v) is 11.6. The lowest BCUT2D eigenvalue weighted by atomic mass is 10.1. The molecule has 0 heterocycles. The third-order valence-corrected chi connectivity index (χ3v) is 7.82. The van der Waals surface area contributed by atoms with Crippen molar-refractivity contribution < 1.29 is 22.7 Å². The molecule has 1 aliphatic carbocycles. The largest absolute Gasteiger partial charge is 0.495 e. The number of rotatable bonds is 10. The fourth-order valence-electron chi connectivity index (χ4n) is 4.19. The summed E-state index contributed by atoms with van der Waals surface area (Å²) >= 11 is 3.41. The Morgan fingerprint density at radius 3 is 2.34 bits per heavy atom. The highest BCUT2D eigenvalue weighted by Crippen LogP contribution is 2.29. The van der Waals surface area contributed by atoms with Gasteiger partial charge in [0.05, 0.1) is 19.1 Å². The van der Waals surface area contributed by atoms with Gasteiger partial charge in [-0.3, -0.25) is 13.9 Å². The van der Waals surface area contributed by atoms with Crippen LogP contribution in [0, 0.1) is 0 Å². The first kappa shape index (κ1) is 27.0. The number of amides is 2. The van der Waals surface area contributed by atoms with E-state index >= 15 is 0 Å². The summed E-state index contributed by atoms with van der Waals surface area (Å²) in [5, 5.41) is 3.05. The Balaban J connectivity index is 1.89. The molecule has 10 heteroatoms. The van der Waals surface area contributed by atoms with Gasteiger partial charge >= 0.3 is 0 Å². The number of nitrogens with zero attached hydrogens (tertiary/aromatic N) is 2. The molecule has 0 aromatic heterocycles. The van der Waals surface area contributed by atoms with E-state index in [1.165, 1.54) is 12.0 Å². The Morgan fingerprint density at radius 1 is 1.11 bits per heavy atom. The number of nitrogens with one attached hydrogen (secondary N) is 1. The van der Waals surface area contributed by atoms with Gasteiger partial charge in [0.1, 0.15) is 18.3 Å². The Labute approximate surface area is 215 Å². The lowest BCUT2D eigenvalue weighted by Gasteiger charge is -2.32. The molecule has 0 spiro atoms. The number of anilines is 1. The maximum Gasteiger partial charge on any atom is 0.244 e. The highest BCUT2D eigenvalue weighted by Gasteiger charge is 2.32. The SMILES string of the molecule is COc1ccccc1N(CC(=O)N(Cc1ccc(Br)cc1)[C@@H](C)C(=O)NC1CCCC1)S(C)(=O)=O. The zero-order valence-corrected chi connectivity index (χ0v) is 22.6. The summed E-state index contributed by atoms with van der Waals surface area (Å²) in [6.45, 7) is 1.38. The standard InChI is InChI=1S/C25H32BrN3O5S/c1-18(25(31)27-21-8-4-5-9-21)28(16-19-12-14-20(26)15-13-19)24(30)17-29(35(3,32)33)22-10-6-7-11-23(22)34-2/h6-7,10-15,18,21H,4-5,8-9,16-17H2,1-3H3,(H,27,31)/t18-/m0/s1. The highest BCUT2D eigenvalue weighted by molar-refractivity contribution is 9.10. The van der Waals surface area contributed by atoms with Crippen molar-refractivity contribution in [1.29, 1.82) is 0 Å². The summed E-state index contributed by atoms with van der Waals surface area (Å²) in [6, 6.07) is 13.4. The number of hydrogen-bond acceptors (Lipinski definition) is 5. The zero-order valence-electron chi connectivity index (χ0n) is 20.2. The fraction of sp³-hybridized carbons (Fsp3) is 0.440. The minimum atomic E-state index is -3.82. The number of ether oxygens (including phenoxy) is 1. The van der Waals surface area contributed by atoms with E-state index in [0.717, 1.165) is 46.3 Å². The minimum Gasteiger partial charge on any atom is -0.495 e. The van der Waals surface area contributed by atoms with Crippen LogP contribution < -0.4 is 14.4 Å². The van der Waals surface area contributed by atoms with Gasteiger partial charge in [-0.25, -0.2) is 8.42 Å². The van der Waals surface area contributed by atoms with Crippen LogP contribution in [0.15, 0.2) is 53.0 Å². The smallest absolute Gasteiger partial charge is 0.244 e. The maximum atomic E-state index is 13.6. The number of hydrogen-bond donors (Lipinski definition) is 1. The van der Waals surface area contributed by atoms with Crippen LogP contribution in [-0.4, -0.2) is 57.1 Å². The van der Waals surface area contributed by atoms with Gasteiger partial charge in [-0.1, -0.05) is 53.0 Å². The van der Waals surface area contributed by atoms with Crippen molar-refractivity contribution in [2.75, 3.05) is 24.2 Å². The predicted octanol–water partition coefficient (Wildman–Crippen LogP) is 3.70. The van der Waals surface area contributed by atoms with Crippen LogP contribution >= 0.6 is 15.9 Å². The highest BCUT2D eigenvalue weighted by atomic mass is 79.9. The number of para-hydroxylation sites is 2. The summed E-state index contributed by atoms with van der Waals surface area (Å²) in [6.07, 6.45) is 5.04. The van der Waals surface area contributed by atoms with Crippen LogP contribution in [0.2, 0.25) is 0 Å². The van der Waals surface area contributed by atoms with Crippen molar-refractivity contribution in [3.05, 3.63) is 58.6 Å². The van der Waals surface area contributed by atoms with Crippen molar-refractivity contribution in [2.45, 2.75) is 51.2 Å². The molecule has 2 aromatic rings. The molecule has 0 unspecified atom stereocenters. The molecule has 2 amide bonds. The van der Waals surface area contributed by atoms with Crippen LogP contribution in [0.5, 0.6) is 5.75 Å². The second kappa shape index (κ2) is 11.9. The molecule has 1 atom stereocenters. The van der Waals surface area contributed by atoms with Gasteiger partial charge in [0.25, 0.3) is 0 Å². The third kappa shape index (κ3) is 7.20. The molecule has 1 fully saturated rings. The first-order chi connectivity index (χ1) is 16.6. The van der Waals surface area contributed by atoms with Crippen LogP contribution in [0.4, 0.5) is 5.69 Å². The molecule has 0 aliphatic heterocycles. The van der Waals surface area contributed by atoms with E-state index in [0.29, 0.717) is 5.75 Å². The minimum absolute atomic E-state index is 0.107. The molecule has 190 valence electrons. The summed E-state index contributed by atoms with van der Waals surface area (Å²) in [5.41, 5.74) is 1.09. The number of carbonyl (C=O) groups is 2. The molecule has 1 N–H and O–H groups in total.